The van der Waals surface area contributed by atoms with E-state index in [0.717, 1.165) is 0 Å². The summed E-state index contributed by atoms with van der Waals surface area (Å²) in [5, 5.41) is 7.79. The van der Waals surface area contributed by atoms with E-state index >= 15 is 0 Å². The van der Waals surface area contributed by atoms with Crippen molar-refractivity contribution in [2.75, 3.05) is 6.61 Å². The number of aromatic nitrogens is 2. The number of nitrogens with zero attached hydrogens (tertiary/aromatic N) is 2. The van der Waals surface area contributed by atoms with Crippen LogP contribution >= 0.6 is 0 Å². The lowest BCUT2D eigenvalue weighted by molar-refractivity contribution is -0.160. The van der Waals surface area contributed by atoms with Crippen LogP contribution in [-0.4, -0.2) is 28.9 Å². The van der Waals surface area contributed by atoms with Crippen LogP contribution in [0, 0.1) is 5.82 Å². The molecule has 2 heterocycles. The number of ether oxygens (including phenoxy) is 3. The molecule has 27 heavy (non-hydrogen) atoms. The van der Waals surface area contributed by atoms with E-state index in [1.807, 2.05) is 6.07 Å². The number of benzene rings is 2. The molecule has 1 aliphatic rings. The maximum atomic E-state index is 13.0. The van der Waals surface area contributed by atoms with E-state index in [-0.39, 0.29) is 24.2 Å². The Morgan fingerprint density at radius 1 is 1.15 bits per heavy atom. The maximum Gasteiger partial charge on any atom is 0.351 e. The van der Waals surface area contributed by atoms with Gasteiger partial charge in [-0.2, -0.15) is 0 Å². The molecule has 0 aliphatic carbocycles. The molecular formula is C19H15FN2O5. The number of esters is 1. The minimum absolute atomic E-state index is 0.0488. The van der Waals surface area contributed by atoms with E-state index in [1.54, 1.807) is 25.1 Å². The van der Waals surface area contributed by atoms with Gasteiger partial charge in [-0.15, -0.1) is 10.2 Å². The van der Waals surface area contributed by atoms with Crippen LogP contribution in [-0.2, 0) is 9.53 Å². The molecule has 0 fully saturated rings. The molecule has 0 unspecified atom stereocenters. The van der Waals surface area contributed by atoms with Crippen LogP contribution in [0.5, 0.6) is 11.5 Å². The molecule has 0 amide bonds. The number of hydrogen-bond acceptors (Lipinski definition) is 7. The highest BCUT2D eigenvalue weighted by molar-refractivity contribution is 5.76. The molecule has 1 aliphatic heterocycles. The number of hydrogen-bond donors (Lipinski definition) is 0. The van der Waals surface area contributed by atoms with Crippen LogP contribution < -0.4 is 9.47 Å². The van der Waals surface area contributed by atoms with Gasteiger partial charge >= 0.3 is 5.97 Å². The molecule has 8 heteroatoms. The van der Waals surface area contributed by atoms with E-state index in [4.69, 9.17) is 18.6 Å². The van der Waals surface area contributed by atoms with Crippen molar-refractivity contribution in [1.29, 1.82) is 0 Å². The van der Waals surface area contributed by atoms with E-state index in [0.29, 0.717) is 17.1 Å². The van der Waals surface area contributed by atoms with Gasteiger partial charge in [0.1, 0.15) is 12.4 Å². The van der Waals surface area contributed by atoms with Crippen LogP contribution in [0.3, 0.4) is 0 Å². The standard InChI is InChI=1S/C19H15FN2O5/c1-11(17-21-22-18(27-17)12-6-8-13(20)9-7-12)25-19(23)16-10-24-14-4-2-3-5-15(14)26-16/h2-9,11,16H,10H2,1H3/t11-,16+/m0/s1. The Kier molecular flexibility index (Phi) is 4.45. The van der Waals surface area contributed by atoms with Gasteiger partial charge in [-0.25, -0.2) is 9.18 Å². The first-order valence-corrected chi connectivity index (χ1v) is 8.28. The summed E-state index contributed by atoms with van der Waals surface area (Å²) in [6, 6.07) is 12.7. The lowest BCUT2D eigenvalue weighted by atomic mass is 10.2. The zero-order valence-electron chi connectivity index (χ0n) is 14.3. The molecule has 2 atom stereocenters. The molecule has 0 spiro atoms. The summed E-state index contributed by atoms with van der Waals surface area (Å²) in [6.45, 7) is 1.66. The smallest absolute Gasteiger partial charge is 0.351 e. The largest absolute Gasteiger partial charge is 0.485 e. The number of para-hydroxylation sites is 2. The van der Waals surface area contributed by atoms with Crippen LogP contribution in [0.2, 0.25) is 0 Å². The van der Waals surface area contributed by atoms with Gasteiger partial charge in [0.15, 0.2) is 17.6 Å². The van der Waals surface area contributed by atoms with Gasteiger partial charge in [-0.1, -0.05) is 12.1 Å². The average molecular weight is 370 g/mol. The predicted octanol–water partition coefficient (Wildman–Crippen LogP) is 3.32. The van der Waals surface area contributed by atoms with E-state index in [1.165, 1.54) is 24.3 Å². The summed E-state index contributed by atoms with van der Waals surface area (Å²) < 4.78 is 35.0. The molecule has 0 saturated heterocycles. The zero-order chi connectivity index (χ0) is 18.8. The third kappa shape index (κ3) is 3.59. The fraction of sp³-hybridized carbons (Fsp3) is 0.211. The van der Waals surface area contributed by atoms with Gasteiger partial charge in [0, 0.05) is 5.56 Å². The van der Waals surface area contributed by atoms with Gasteiger partial charge in [-0.3, -0.25) is 0 Å². The van der Waals surface area contributed by atoms with Crippen molar-refractivity contribution in [3.05, 3.63) is 60.2 Å². The van der Waals surface area contributed by atoms with E-state index < -0.39 is 18.2 Å². The third-order valence-electron chi connectivity index (χ3n) is 3.94. The first-order valence-electron chi connectivity index (χ1n) is 8.28. The Balaban J connectivity index is 1.41. The third-order valence-corrected chi connectivity index (χ3v) is 3.94. The second-order valence-electron chi connectivity index (χ2n) is 5.90. The second-order valence-corrected chi connectivity index (χ2v) is 5.90. The van der Waals surface area contributed by atoms with Gasteiger partial charge in [0.25, 0.3) is 5.89 Å². The normalized spacial score (nSPS) is 16.6. The Hall–Kier alpha value is -3.42. The molecule has 0 bridgehead atoms. The minimum atomic E-state index is -0.887. The highest BCUT2D eigenvalue weighted by Crippen LogP contribution is 2.31. The number of halogens is 1. The highest BCUT2D eigenvalue weighted by atomic mass is 19.1. The summed E-state index contributed by atoms with van der Waals surface area (Å²) in [5.41, 5.74) is 0.564. The Labute approximate surface area is 153 Å². The monoisotopic (exact) mass is 370 g/mol. The summed E-state index contributed by atoms with van der Waals surface area (Å²) in [5.74, 6) is 0.430. The Morgan fingerprint density at radius 2 is 1.89 bits per heavy atom. The van der Waals surface area contributed by atoms with Crippen LogP contribution in [0.25, 0.3) is 11.5 Å². The SMILES string of the molecule is C[C@H](OC(=O)[C@H]1COc2ccccc2O1)c1nnc(-c2ccc(F)cc2)o1. The molecule has 7 nitrogen and oxygen atoms in total. The van der Waals surface area contributed by atoms with Crippen molar-refractivity contribution < 1.29 is 27.8 Å². The van der Waals surface area contributed by atoms with Gasteiger partial charge in [0.05, 0.1) is 0 Å². The first kappa shape index (κ1) is 17.0. The fourth-order valence-electron chi connectivity index (χ4n) is 2.54. The molecule has 138 valence electrons. The van der Waals surface area contributed by atoms with Gasteiger partial charge in [-0.05, 0) is 43.3 Å². The van der Waals surface area contributed by atoms with E-state index in [9.17, 15) is 9.18 Å². The summed E-state index contributed by atoms with van der Waals surface area (Å²) in [7, 11) is 0. The second kappa shape index (κ2) is 7.06. The zero-order valence-corrected chi connectivity index (χ0v) is 14.3. The number of rotatable bonds is 4. The van der Waals surface area contributed by atoms with Crippen molar-refractivity contribution in [2.45, 2.75) is 19.1 Å². The van der Waals surface area contributed by atoms with Crippen LogP contribution in [0.15, 0.2) is 52.9 Å². The van der Waals surface area contributed by atoms with Crippen molar-refractivity contribution >= 4 is 5.97 Å². The maximum absolute atomic E-state index is 13.0. The quantitative estimate of drug-likeness (QED) is 0.652. The van der Waals surface area contributed by atoms with E-state index in [2.05, 4.69) is 10.2 Å². The predicted molar refractivity (Wildman–Crippen MR) is 90.6 cm³/mol. The minimum Gasteiger partial charge on any atom is -0.485 e. The molecule has 1 aromatic heterocycles. The molecule has 4 rings (SSSR count). The van der Waals surface area contributed by atoms with Gasteiger partial charge < -0.3 is 18.6 Å². The number of carbonyl (C=O) groups is 1. The average Bonchev–Trinajstić information content (AvgIpc) is 3.18. The topological polar surface area (TPSA) is 83.7 Å². The van der Waals surface area contributed by atoms with Crippen molar-refractivity contribution in [3.8, 4) is 23.0 Å². The summed E-state index contributed by atoms with van der Waals surface area (Å²) >= 11 is 0. The molecule has 0 N–H and O–H groups in total. The Morgan fingerprint density at radius 3 is 2.67 bits per heavy atom. The molecule has 0 radical (unpaired) electrons. The number of carbonyl (C=O) groups excluding carboxylic acids is 1. The Bertz CT molecular complexity index is 957. The van der Waals surface area contributed by atoms with Crippen LogP contribution in [0.4, 0.5) is 4.39 Å². The van der Waals surface area contributed by atoms with Crippen molar-refractivity contribution in [3.63, 3.8) is 0 Å². The molecule has 3 aromatic rings. The summed E-state index contributed by atoms with van der Waals surface area (Å²) in [6.07, 6.45) is -1.66. The molecular weight excluding hydrogens is 355 g/mol. The van der Waals surface area contributed by atoms with Crippen LogP contribution in [0.1, 0.15) is 18.9 Å². The van der Waals surface area contributed by atoms with Crippen molar-refractivity contribution in [1.82, 2.24) is 10.2 Å². The number of fused-ring (bicyclic) bond motifs is 1. The highest BCUT2D eigenvalue weighted by Gasteiger charge is 2.31. The summed E-state index contributed by atoms with van der Waals surface area (Å²) in [4.78, 5) is 12.3. The van der Waals surface area contributed by atoms with Gasteiger partial charge in [0.2, 0.25) is 12.0 Å². The molecule has 0 saturated carbocycles. The van der Waals surface area contributed by atoms with Crippen molar-refractivity contribution in [2.24, 2.45) is 0 Å². The lowest BCUT2D eigenvalue weighted by Crippen LogP contribution is -2.38. The lowest BCUT2D eigenvalue weighted by Gasteiger charge is -2.25. The fourth-order valence-corrected chi connectivity index (χ4v) is 2.54. The molecule has 2 aromatic carbocycles. The first-order chi connectivity index (χ1) is 13.1.